The van der Waals surface area contributed by atoms with Crippen molar-refractivity contribution < 1.29 is 0 Å². The third-order valence-corrected chi connectivity index (χ3v) is 0.590. The summed E-state index contributed by atoms with van der Waals surface area (Å²) in [7, 11) is 0. The van der Waals surface area contributed by atoms with Gasteiger partial charge in [0.15, 0.2) is 0 Å². The van der Waals surface area contributed by atoms with E-state index in [-0.39, 0.29) is 11.8 Å². The summed E-state index contributed by atoms with van der Waals surface area (Å²) in [6.45, 7) is 0.147. The fourth-order valence-electron chi connectivity index (χ4n) is 0.133. The number of rotatable bonds is 2. The molecular formula is C3H6ClN3. The van der Waals surface area contributed by atoms with Crippen LogP contribution in [0.2, 0.25) is 0 Å². The van der Waals surface area contributed by atoms with E-state index in [2.05, 4.69) is 4.99 Å². The first-order valence-corrected chi connectivity index (χ1v) is 2.09. The van der Waals surface area contributed by atoms with Gasteiger partial charge in [0.25, 0.3) is 0 Å². The molecule has 0 amide bonds. The molecule has 0 rings (SSSR count). The fourth-order valence-corrected chi connectivity index (χ4v) is 0.202. The van der Waals surface area contributed by atoms with Gasteiger partial charge in [-0.3, -0.25) is 4.99 Å². The highest BCUT2D eigenvalue weighted by Gasteiger charge is 1.78. The van der Waals surface area contributed by atoms with Crippen molar-refractivity contribution in [3.8, 4) is 0 Å². The zero-order valence-electron chi connectivity index (χ0n) is 3.69. The maximum absolute atomic E-state index is 6.47. The lowest BCUT2D eigenvalue weighted by atomic mass is 10.8. The van der Waals surface area contributed by atoms with Crippen LogP contribution >= 0.6 is 11.6 Å². The molecule has 0 atom stereocenters. The number of hydrogen-bond donors (Lipinski definition) is 2. The third-order valence-electron chi connectivity index (χ3n) is 0.361. The van der Waals surface area contributed by atoms with Crippen molar-refractivity contribution in [1.82, 2.24) is 0 Å². The van der Waals surface area contributed by atoms with E-state index >= 15 is 0 Å². The summed E-state index contributed by atoms with van der Waals surface area (Å²) >= 11 is 5.19. The Bertz CT molecular complexity index is 88.2. The molecule has 0 saturated carbocycles. The SMILES string of the molecule is N=CC(Cl)=NCN. The molecule has 3 N–H and O–H groups in total. The van der Waals surface area contributed by atoms with Crippen LogP contribution in [0.25, 0.3) is 0 Å². The molecule has 3 nitrogen and oxygen atoms in total. The second-order valence-corrected chi connectivity index (χ2v) is 1.19. The van der Waals surface area contributed by atoms with Gasteiger partial charge in [0, 0.05) is 0 Å². The Morgan fingerprint density at radius 1 is 2.00 bits per heavy atom. The van der Waals surface area contributed by atoms with E-state index < -0.39 is 0 Å². The average molecular weight is 120 g/mol. The van der Waals surface area contributed by atoms with Crippen molar-refractivity contribution in [2.45, 2.75) is 0 Å². The van der Waals surface area contributed by atoms with E-state index in [0.717, 1.165) is 6.21 Å². The lowest BCUT2D eigenvalue weighted by molar-refractivity contribution is 1.08. The summed E-state index contributed by atoms with van der Waals surface area (Å²) in [5, 5.41) is 6.61. The summed E-state index contributed by atoms with van der Waals surface area (Å²) in [4.78, 5) is 3.46. The standard InChI is InChI=1S/C3H6ClN3/c4-3(1-5)7-2-6/h1,5H,2,6H2. The Labute approximate surface area is 46.7 Å². The van der Waals surface area contributed by atoms with Crippen molar-refractivity contribution in [2.75, 3.05) is 6.67 Å². The fraction of sp³-hybridized carbons (Fsp3) is 0.333. The Morgan fingerprint density at radius 3 is 2.71 bits per heavy atom. The molecular weight excluding hydrogens is 114 g/mol. The van der Waals surface area contributed by atoms with Crippen molar-refractivity contribution in [3.63, 3.8) is 0 Å². The molecule has 7 heavy (non-hydrogen) atoms. The molecule has 0 spiro atoms. The van der Waals surface area contributed by atoms with Gasteiger partial charge >= 0.3 is 0 Å². The molecule has 0 heterocycles. The van der Waals surface area contributed by atoms with Gasteiger partial charge in [-0.2, -0.15) is 0 Å². The average Bonchev–Trinajstić information content (AvgIpc) is 1.68. The molecule has 0 aromatic rings. The van der Waals surface area contributed by atoms with E-state index in [1.165, 1.54) is 0 Å². The summed E-state index contributed by atoms with van der Waals surface area (Å²) in [5.74, 6) is 0. The third kappa shape index (κ3) is 3.42. The van der Waals surface area contributed by atoms with Crippen LogP contribution < -0.4 is 5.73 Å². The molecule has 0 bridgehead atoms. The second kappa shape index (κ2) is 3.77. The summed E-state index contributed by atoms with van der Waals surface area (Å²) in [6.07, 6.45) is 0.939. The minimum absolute atomic E-state index is 0.141. The minimum atomic E-state index is 0.141. The smallest absolute Gasteiger partial charge is 0.142 e. The van der Waals surface area contributed by atoms with Crippen LogP contribution in [0.15, 0.2) is 4.99 Å². The first-order valence-electron chi connectivity index (χ1n) is 1.71. The van der Waals surface area contributed by atoms with Gasteiger partial charge in [0.1, 0.15) is 5.17 Å². The highest BCUT2D eigenvalue weighted by molar-refractivity contribution is 6.79. The van der Waals surface area contributed by atoms with Gasteiger partial charge in [0.05, 0.1) is 12.9 Å². The Kier molecular flexibility index (Phi) is 3.55. The van der Waals surface area contributed by atoms with Gasteiger partial charge < -0.3 is 11.1 Å². The largest absolute Gasteiger partial charge is 0.312 e. The minimum Gasteiger partial charge on any atom is -0.312 e. The van der Waals surface area contributed by atoms with Crippen LogP contribution in [0.4, 0.5) is 0 Å². The quantitative estimate of drug-likeness (QED) is 0.501. The first kappa shape index (κ1) is 6.59. The number of nitrogens with zero attached hydrogens (tertiary/aromatic N) is 1. The van der Waals surface area contributed by atoms with E-state index in [0.29, 0.717) is 0 Å². The molecule has 0 aromatic carbocycles. The van der Waals surface area contributed by atoms with Gasteiger partial charge in [-0.15, -0.1) is 0 Å². The zero-order valence-corrected chi connectivity index (χ0v) is 4.44. The number of nitrogens with two attached hydrogens (primary N) is 1. The molecule has 0 radical (unpaired) electrons. The van der Waals surface area contributed by atoms with Crippen molar-refractivity contribution >= 4 is 23.0 Å². The van der Waals surface area contributed by atoms with Crippen molar-refractivity contribution in [3.05, 3.63) is 0 Å². The van der Waals surface area contributed by atoms with E-state index in [1.807, 2.05) is 0 Å². The molecule has 0 aliphatic carbocycles. The van der Waals surface area contributed by atoms with Crippen LogP contribution in [-0.4, -0.2) is 18.1 Å². The van der Waals surface area contributed by atoms with Crippen LogP contribution in [0.5, 0.6) is 0 Å². The van der Waals surface area contributed by atoms with Gasteiger partial charge in [-0.25, -0.2) is 0 Å². The number of halogens is 1. The number of hydrogen-bond acceptors (Lipinski definition) is 3. The van der Waals surface area contributed by atoms with Crippen molar-refractivity contribution in [1.29, 1.82) is 5.41 Å². The van der Waals surface area contributed by atoms with Gasteiger partial charge in [0.2, 0.25) is 0 Å². The summed E-state index contributed by atoms with van der Waals surface area (Å²) in [5.41, 5.74) is 4.93. The topological polar surface area (TPSA) is 62.2 Å². The molecule has 0 aliphatic heterocycles. The summed E-state index contributed by atoms with van der Waals surface area (Å²) < 4.78 is 0. The Morgan fingerprint density at radius 2 is 2.57 bits per heavy atom. The number of aliphatic imine (C=N–C) groups is 1. The molecule has 4 heteroatoms. The maximum Gasteiger partial charge on any atom is 0.142 e. The Hall–Kier alpha value is -0.410. The van der Waals surface area contributed by atoms with E-state index in [4.69, 9.17) is 22.7 Å². The molecule has 0 aliphatic rings. The maximum atomic E-state index is 6.47. The van der Waals surface area contributed by atoms with Crippen LogP contribution in [0.1, 0.15) is 0 Å². The van der Waals surface area contributed by atoms with Gasteiger partial charge in [-0.1, -0.05) is 11.6 Å². The lowest BCUT2D eigenvalue weighted by Gasteiger charge is -1.79. The predicted molar refractivity (Wildman–Crippen MR) is 31.1 cm³/mol. The lowest BCUT2D eigenvalue weighted by Crippen LogP contribution is -1.98. The number of nitrogens with one attached hydrogen (secondary N) is 1. The highest BCUT2D eigenvalue weighted by Crippen LogP contribution is 1.76. The van der Waals surface area contributed by atoms with E-state index in [1.54, 1.807) is 0 Å². The molecule has 0 unspecified atom stereocenters. The van der Waals surface area contributed by atoms with Crippen LogP contribution in [-0.2, 0) is 0 Å². The van der Waals surface area contributed by atoms with Crippen LogP contribution in [0.3, 0.4) is 0 Å². The molecule has 0 fully saturated rings. The van der Waals surface area contributed by atoms with Gasteiger partial charge in [-0.05, 0) is 0 Å². The molecule has 0 aromatic heterocycles. The first-order chi connectivity index (χ1) is 3.31. The highest BCUT2D eigenvalue weighted by atomic mass is 35.5. The predicted octanol–water partition coefficient (Wildman–Crippen LogP) is 0.189. The monoisotopic (exact) mass is 119 g/mol. The van der Waals surface area contributed by atoms with Crippen molar-refractivity contribution in [2.24, 2.45) is 10.7 Å². The Balaban J connectivity index is 3.49. The molecule has 40 valence electrons. The molecule has 0 saturated heterocycles. The normalized spacial score (nSPS) is 11.4. The zero-order chi connectivity index (χ0) is 5.70. The van der Waals surface area contributed by atoms with E-state index in [9.17, 15) is 0 Å². The second-order valence-electron chi connectivity index (χ2n) is 0.808. The van der Waals surface area contributed by atoms with Crippen LogP contribution in [0, 0.1) is 5.41 Å². The summed E-state index contributed by atoms with van der Waals surface area (Å²) in [6, 6.07) is 0.